The van der Waals surface area contributed by atoms with Crippen LogP contribution in [-0.2, 0) is 26.1 Å². The number of likely N-dealkylation sites (N-methyl/N-ethyl adjacent to an activating group) is 1. The zero-order valence-electron chi connectivity index (χ0n) is 27.5. The molecule has 1 aromatic heterocycles. The van der Waals surface area contributed by atoms with E-state index in [0.29, 0.717) is 12.5 Å². The largest absolute Gasteiger partial charge is 0.497 e. The van der Waals surface area contributed by atoms with Gasteiger partial charge in [-0.1, -0.05) is 25.3 Å². The Labute approximate surface area is 276 Å². The van der Waals surface area contributed by atoms with Crippen molar-refractivity contribution in [2.45, 2.75) is 75.4 Å². The van der Waals surface area contributed by atoms with Gasteiger partial charge in [0.2, 0.25) is 15.9 Å². The predicted octanol–water partition coefficient (Wildman–Crippen LogP) is 4.47. The number of piperazine rings is 1. The zero-order chi connectivity index (χ0) is 32.7. The van der Waals surface area contributed by atoms with Crippen molar-refractivity contribution in [2.24, 2.45) is 5.41 Å². The van der Waals surface area contributed by atoms with E-state index in [0.717, 1.165) is 66.7 Å². The molecule has 2 saturated heterocycles. The Hall–Kier alpha value is -3.41. The quantitative estimate of drug-likeness (QED) is 0.380. The molecular formula is C36H44N4O6S. The molecule has 10 nitrogen and oxygen atoms in total. The lowest BCUT2D eigenvalue weighted by Crippen LogP contribution is -2.70. The van der Waals surface area contributed by atoms with Gasteiger partial charge in [-0.3, -0.25) is 9.59 Å². The molecule has 4 atom stereocenters. The lowest BCUT2D eigenvalue weighted by molar-refractivity contribution is -0.159. The maximum absolute atomic E-state index is 14.8. The van der Waals surface area contributed by atoms with Crippen molar-refractivity contribution in [3.63, 3.8) is 0 Å². The van der Waals surface area contributed by atoms with Crippen LogP contribution >= 0.6 is 0 Å². The highest BCUT2D eigenvalue weighted by molar-refractivity contribution is 7.90. The van der Waals surface area contributed by atoms with Gasteiger partial charge >= 0.3 is 0 Å². The number of ether oxygens (including phenoxy) is 2. The van der Waals surface area contributed by atoms with Crippen LogP contribution in [0.4, 0.5) is 0 Å². The first-order chi connectivity index (χ1) is 22.6. The summed E-state index contributed by atoms with van der Waals surface area (Å²) >= 11 is 0. The van der Waals surface area contributed by atoms with E-state index in [1.165, 1.54) is 37.5 Å². The summed E-state index contributed by atoms with van der Waals surface area (Å²) in [5.74, 6) is 0.506. The average molecular weight is 661 g/mol. The summed E-state index contributed by atoms with van der Waals surface area (Å²) in [5.41, 5.74) is 5.30. The van der Waals surface area contributed by atoms with E-state index in [1.807, 2.05) is 18.2 Å². The molecule has 11 heteroatoms. The number of rotatable bonds is 8. The lowest BCUT2D eigenvalue weighted by atomic mass is 9.81. The summed E-state index contributed by atoms with van der Waals surface area (Å²) in [6.07, 6.45) is 7.59. The van der Waals surface area contributed by atoms with E-state index in [1.54, 1.807) is 13.2 Å². The average Bonchev–Trinajstić information content (AvgIpc) is 3.73. The minimum atomic E-state index is -3.86. The Morgan fingerprint density at radius 1 is 1.02 bits per heavy atom. The maximum Gasteiger partial charge on any atom is 0.264 e. The van der Waals surface area contributed by atoms with E-state index >= 15 is 0 Å². The van der Waals surface area contributed by atoms with E-state index in [4.69, 9.17) is 9.47 Å². The molecule has 0 spiro atoms. The number of likely N-dealkylation sites (tertiary alicyclic amines) is 2. The molecule has 2 unspecified atom stereocenters. The minimum absolute atomic E-state index is 0.00486. The number of sulfonamides is 1. The van der Waals surface area contributed by atoms with Crippen LogP contribution < -0.4 is 9.46 Å². The molecule has 47 heavy (non-hydrogen) atoms. The molecule has 250 valence electrons. The van der Waals surface area contributed by atoms with Crippen LogP contribution in [0.5, 0.6) is 5.75 Å². The van der Waals surface area contributed by atoms with Gasteiger partial charge in [0.05, 0.1) is 30.6 Å². The molecule has 1 N–H and O–H groups in total. The molecule has 2 saturated carbocycles. The monoisotopic (exact) mass is 660 g/mol. The van der Waals surface area contributed by atoms with Crippen LogP contribution in [0.15, 0.2) is 36.4 Å². The van der Waals surface area contributed by atoms with E-state index in [9.17, 15) is 18.0 Å². The summed E-state index contributed by atoms with van der Waals surface area (Å²) in [6.45, 7) is 2.33. The van der Waals surface area contributed by atoms with Crippen LogP contribution in [0.25, 0.3) is 22.2 Å². The van der Waals surface area contributed by atoms with Crippen LogP contribution in [0.2, 0.25) is 0 Å². The van der Waals surface area contributed by atoms with Crippen molar-refractivity contribution < 1.29 is 27.5 Å². The SMILES string of the molecule is COCCS(=O)(=O)NC(=O)c1ccc2c(C3CCCCC3)c3n(c2c1)C[C@@]1(C(=O)N2C4CC2CN(C)C4)C[C@H]1c1cc(OC)ccc1-3. The van der Waals surface area contributed by atoms with Crippen LogP contribution in [0.1, 0.15) is 78.3 Å². The van der Waals surface area contributed by atoms with E-state index in [2.05, 4.69) is 38.3 Å². The number of hydrogen-bond donors (Lipinski definition) is 1. The Bertz CT molecular complexity index is 1870. The van der Waals surface area contributed by atoms with Crippen LogP contribution in [-0.4, -0.2) is 93.4 Å². The smallest absolute Gasteiger partial charge is 0.264 e. The third-order valence-electron chi connectivity index (χ3n) is 11.6. The lowest BCUT2D eigenvalue weighted by Gasteiger charge is -2.56. The Morgan fingerprint density at radius 2 is 1.79 bits per heavy atom. The Kier molecular flexibility index (Phi) is 7.46. The van der Waals surface area contributed by atoms with Gasteiger partial charge in [-0.2, -0.15) is 0 Å². The molecule has 2 amide bonds. The standard InChI is InChI=1S/C36H44N4O6S/c1-38-19-24-16-25(20-38)40(24)35(42)36-18-30(36)29-17-26(46-3)10-12-27(29)33-32(22-7-5-4-6-8-22)28-11-9-23(15-31(28)39(33)21-36)34(41)37-47(43,44)14-13-45-2/h9-12,15,17,22,24-25,30H,4-8,13-14,16,18-21H2,1-3H3,(H,37,41)/t24?,25?,30-,36-/m0/s1. The highest BCUT2D eigenvalue weighted by Crippen LogP contribution is 2.67. The number of fused-ring (bicyclic) bond motifs is 9. The molecule has 5 aliphatic rings. The number of benzene rings is 2. The predicted molar refractivity (Wildman–Crippen MR) is 179 cm³/mol. The summed E-state index contributed by atoms with van der Waals surface area (Å²) in [5, 5.41) is 1.08. The number of carbonyl (C=O) groups is 2. The van der Waals surface area contributed by atoms with Crippen molar-refractivity contribution in [1.82, 2.24) is 19.1 Å². The van der Waals surface area contributed by atoms with Crippen molar-refractivity contribution in [3.8, 4) is 17.0 Å². The van der Waals surface area contributed by atoms with Gasteiger partial charge in [0, 0.05) is 66.8 Å². The zero-order valence-corrected chi connectivity index (χ0v) is 28.3. The second kappa shape index (κ2) is 11.3. The summed E-state index contributed by atoms with van der Waals surface area (Å²) in [7, 11) is 1.39. The first-order valence-corrected chi connectivity index (χ1v) is 18.7. The third kappa shape index (κ3) is 4.99. The fraction of sp³-hybridized carbons (Fsp3) is 0.556. The van der Waals surface area contributed by atoms with Gasteiger partial charge in [0.25, 0.3) is 5.91 Å². The normalized spacial score (nSPS) is 26.9. The summed E-state index contributed by atoms with van der Waals surface area (Å²) < 4.78 is 40.4. The number of hydrogen-bond acceptors (Lipinski definition) is 7. The number of nitrogens with one attached hydrogen (secondary N) is 1. The summed E-state index contributed by atoms with van der Waals surface area (Å²) in [4.78, 5) is 32.7. The van der Waals surface area contributed by atoms with Crippen LogP contribution in [0.3, 0.4) is 0 Å². The number of methoxy groups -OCH3 is 2. The number of piperidine rings is 1. The number of amides is 2. The van der Waals surface area contributed by atoms with Gasteiger partial charge in [-0.05, 0) is 80.1 Å². The Balaban J connectivity index is 1.29. The molecule has 3 aliphatic heterocycles. The molecule has 2 bridgehead atoms. The second-order valence-corrected chi connectivity index (χ2v) is 16.3. The second-order valence-electron chi connectivity index (χ2n) is 14.5. The molecule has 2 aromatic carbocycles. The molecule has 0 radical (unpaired) electrons. The molecule has 4 fully saturated rings. The fourth-order valence-electron chi connectivity index (χ4n) is 9.28. The third-order valence-corrected chi connectivity index (χ3v) is 12.8. The highest BCUT2D eigenvalue weighted by atomic mass is 32.2. The number of nitrogens with zero attached hydrogens (tertiary/aromatic N) is 3. The molecule has 8 rings (SSSR count). The van der Waals surface area contributed by atoms with Crippen molar-refractivity contribution in [2.75, 3.05) is 46.7 Å². The number of carbonyl (C=O) groups excluding carboxylic acids is 2. The van der Waals surface area contributed by atoms with E-state index in [-0.39, 0.29) is 41.8 Å². The topological polar surface area (TPSA) is 110 Å². The fourth-order valence-corrected chi connectivity index (χ4v) is 10.2. The molecular weight excluding hydrogens is 616 g/mol. The molecule has 4 heterocycles. The highest BCUT2D eigenvalue weighted by Gasteiger charge is 2.66. The first kappa shape index (κ1) is 30.9. The molecule has 2 aliphatic carbocycles. The van der Waals surface area contributed by atoms with Crippen molar-refractivity contribution >= 4 is 32.7 Å². The van der Waals surface area contributed by atoms with Crippen molar-refractivity contribution in [1.29, 1.82) is 0 Å². The van der Waals surface area contributed by atoms with Crippen LogP contribution in [0, 0.1) is 5.41 Å². The van der Waals surface area contributed by atoms with Gasteiger partial charge in [-0.15, -0.1) is 0 Å². The van der Waals surface area contributed by atoms with E-state index < -0.39 is 21.3 Å². The van der Waals surface area contributed by atoms with Gasteiger partial charge < -0.3 is 23.8 Å². The Morgan fingerprint density at radius 3 is 2.51 bits per heavy atom. The van der Waals surface area contributed by atoms with Gasteiger partial charge in [0.1, 0.15) is 5.75 Å². The summed E-state index contributed by atoms with van der Waals surface area (Å²) in [6, 6.07) is 12.4. The van der Waals surface area contributed by atoms with Crippen molar-refractivity contribution in [3.05, 3.63) is 53.1 Å². The maximum atomic E-state index is 14.8. The van der Waals surface area contributed by atoms with Gasteiger partial charge in [-0.25, -0.2) is 13.1 Å². The minimum Gasteiger partial charge on any atom is -0.497 e. The number of aromatic nitrogens is 1. The first-order valence-electron chi connectivity index (χ1n) is 17.0. The van der Waals surface area contributed by atoms with Gasteiger partial charge in [0.15, 0.2) is 0 Å². The molecule has 3 aromatic rings.